The molecule has 0 radical (unpaired) electrons. The molecule has 0 bridgehead atoms. The van der Waals surface area contributed by atoms with Gasteiger partial charge in [0.15, 0.2) is 0 Å². The Labute approximate surface area is 170 Å². The number of unbranched alkanes of at least 4 members (excludes halogenated alkanes) is 14. The number of halogens is 1. The predicted molar refractivity (Wildman–Crippen MR) is 109 cm³/mol. The molecule has 25 heavy (non-hydrogen) atoms. The number of hydrogen-bond acceptors (Lipinski definition) is 0. The fraction of sp³-hybridized carbons (Fsp3) is 0.913. The van der Waals surface area contributed by atoms with Crippen molar-refractivity contribution in [3.05, 3.63) is 0 Å². The van der Waals surface area contributed by atoms with E-state index in [0.717, 1.165) is 12.5 Å². The first-order chi connectivity index (χ1) is 11.8. The minimum atomic E-state index is 0. The summed E-state index contributed by atoms with van der Waals surface area (Å²) in [5, 5.41) is 2.24. The molecule has 0 aliphatic rings. The summed E-state index contributed by atoms with van der Waals surface area (Å²) >= 11 is 0. The largest absolute Gasteiger partial charge is 1.00 e. The normalized spacial score (nSPS) is 10.6. The highest BCUT2D eigenvalue weighted by molar-refractivity contribution is 4.81. The minimum absolute atomic E-state index is 0. The van der Waals surface area contributed by atoms with E-state index in [9.17, 15) is 0 Å². The Morgan fingerprint density at radius 3 is 1.36 bits per heavy atom. The average molecular weight is 417 g/mol. The van der Waals surface area contributed by atoms with E-state index in [1.165, 1.54) is 109 Å². The van der Waals surface area contributed by atoms with Crippen molar-refractivity contribution >= 4 is 0 Å². The van der Waals surface area contributed by atoms with Crippen molar-refractivity contribution < 1.29 is 22.3 Å². The first-order valence-corrected chi connectivity index (χ1v) is 11.0. The van der Waals surface area contributed by atoms with Crippen molar-refractivity contribution in [2.45, 2.75) is 117 Å². The topological polar surface area (TPSA) is 16.6 Å². The molecule has 1 nitrogen and oxygen atoms in total. The van der Waals surface area contributed by atoms with Gasteiger partial charge in [0.25, 0.3) is 0 Å². The first-order valence-electron chi connectivity index (χ1n) is 11.0. The van der Waals surface area contributed by atoms with Gasteiger partial charge in [-0.3, -0.25) is 0 Å². The van der Waals surface area contributed by atoms with Crippen LogP contribution in [0.3, 0.4) is 0 Å². The van der Waals surface area contributed by atoms with E-state index < -0.39 is 0 Å². The molecular formula is C23H46BrN. The maximum atomic E-state index is 5.23. The zero-order valence-corrected chi connectivity index (χ0v) is 18.9. The Kier molecular flexibility index (Phi) is 26.1. The Morgan fingerprint density at radius 2 is 1.00 bits per heavy atom. The van der Waals surface area contributed by atoms with Crippen LogP contribution in [0.5, 0.6) is 0 Å². The second-order valence-electron chi connectivity index (χ2n) is 7.97. The van der Waals surface area contributed by atoms with Gasteiger partial charge in [0, 0.05) is 0 Å². The van der Waals surface area contributed by atoms with E-state index in [1.807, 2.05) is 0 Å². The summed E-state index contributed by atoms with van der Waals surface area (Å²) in [6.07, 6.45) is 28.3. The summed E-state index contributed by atoms with van der Waals surface area (Å²) in [6, 6.07) is 0. The van der Waals surface area contributed by atoms with Crippen LogP contribution >= 0.6 is 0 Å². The Balaban J connectivity index is 0. The van der Waals surface area contributed by atoms with Gasteiger partial charge < -0.3 is 22.3 Å². The maximum absolute atomic E-state index is 5.23. The fourth-order valence-electron chi connectivity index (χ4n) is 3.32. The van der Waals surface area contributed by atoms with Crippen LogP contribution in [0.1, 0.15) is 117 Å². The standard InChI is InChI=1S/C23H45N.BrH/c1-4-21-24-22-19-17-15-13-11-9-7-5-6-8-10-12-14-16-18-20-23(2)3;/h1,23-24H,5-22H2,2-3H3;1H. The summed E-state index contributed by atoms with van der Waals surface area (Å²) in [6.45, 7) is 6.73. The van der Waals surface area contributed by atoms with E-state index in [4.69, 9.17) is 6.42 Å². The number of nitrogens with two attached hydrogens (primary N) is 1. The van der Waals surface area contributed by atoms with E-state index in [-0.39, 0.29) is 17.0 Å². The lowest BCUT2D eigenvalue weighted by Crippen LogP contribution is -3.00. The van der Waals surface area contributed by atoms with Gasteiger partial charge in [-0.1, -0.05) is 104 Å². The van der Waals surface area contributed by atoms with Crippen LogP contribution in [0.4, 0.5) is 0 Å². The van der Waals surface area contributed by atoms with Gasteiger partial charge in [-0.25, -0.2) is 0 Å². The molecule has 0 aliphatic carbocycles. The highest BCUT2D eigenvalue weighted by atomic mass is 79.9. The molecule has 0 spiro atoms. The molecule has 0 rings (SSSR count). The molecule has 0 heterocycles. The number of hydrogen-bond donors (Lipinski definition) is 1. The van der Waals surface area contributed by atoms with E-state index in [2.05, 4.69) is 25.1 Å². The molecule has 2 N–H and O–H groups in total. The van der Waals surface area contributed by atoms with Crippen molar-refractivity contribution in [1.82, 2.24) is 0 Å². The van der Waals surface area contributed by atoms with Gasteiger partial charge in [-0.05, 0) is 24.7 Å². The van der Waals surface area contributed by atoms with Crippen LogP contribution < -0.4 is 22.3 Å². The second-order valence-corrected chi connectivity index (χ2v) is 7.97. The molecule has 0 aromatic heterocycles. The van der Waals surface area contributed by atoms with E-state index >= 15 is 0 Å². The molecule has 0 saturated heterocycles. The Morgan fingerprint density at radius 1 is 0.640 bits per heavy atom. The van der Waals surface area contributed by atoms with Crippen LogP contribution in [0.2, 0.25) is 0 Å². The van der Waals surface area contributed by atoms with Gasteiger partial charge in [0.1, 0.15) is 6.54 Å². The van der Waals surface area contributed by atoms with E-state index in [0.29, 0.717) is 0 Å². The summed E-state index contributed by atoms with van der Waals surface area (Å²) in [5.74, 6) is 3.56. The molecule has 150 valence electrons. The third-order valence-electron chi connectivity index (χ3n) is 4.95. The van der Waals surface area contributed by atoms with Gasteiger partial charge in [0.2, 0.25) is 0 Å². The summed E-state index contributed by atoms with van der Waals surface area (Å²) in [7, 11) is 0. The molecule has 0 unspecified atom stereocenters. The smallest absolute Gasteiger partial charge is 0.137 e. The van der Waals surface area contributed by atoms with Crippen LogP contribution in [0.25, 0.3) is 0 Å². The maximum Gasteiger partial charge on any atom is 0.137 e. The third-order valence-corrected chi connectivity index (χ3v) is 4.95. The molecule has 0 aromatic rings. The van der Waals surface area contributed by atoms with Crippen molar-refractivity contribution in [2.75, 3.05) is 13.1 Å². The molecule has 0 aliphatic heterocycles. The highest BCUT2D eigenvalue weighted by Gasteiger charge is 1.96. The molecule has 0 saturated carbocycles. The summed E-state index contributed by atoms with van der Waals surface area (Å²) < 4.78 is 0. The zero-order valence-electron chi connectivity index (χ0n) is 17.3. The van der Waals surface area contributed by atoms with Gasteiger partial charge in [-0.15, -0.1) is 6.42 Å². The molecule has 2 heteroatoms. The molecule has 0 fully saturated rings. The minimum Gasteiger partial charge on any atom is -1.00 e. The third kappa shape index (κ3) is 26.3. The molecule has 0 aromatic carbocycles. The van der Waals surface area contributed by atoms with Crippen LogP contribution in [0.15, 0.2) is 0 Å². The molecular weight excluding hydrogens is 370 g/mol. The van der Waals surface area contributed by atoms with Crippen molar-refractivity contribution in [3.8, 4) is 12.3 Å². The zero-order chi connectivity index (χ0) is 17.7. The van der Waals surface area contributed by atoms with Crippen molar-refractivity contribution in [2.24, 2.45) is 5.92 Å². The lowest BCUT2D eigenvalue weighted by atomic mass is 10.0. The highest BCUT2D eigenvalue weighted by Crippen LogP contribution is 2.14. The number of terminal acetylenes is 1. The monoisotopic (exact) mass is 415 g/mol. The van der Waals surface area contributed by atoms with Crippen molar-refractivity contribution in [3.63, 3.8) is 0 Å². The lowest BCUT2D eigenvalue weighted by Gasteiger charge is -2.05. The van der Waals surface area contributed by atoms with Gasteiger partial charge >= 0.3 is 0 Å². The van der Waals surface area contributed by atoms with Gasteiger partial charge in [-0.2, -0.15) is 0 Å². The van der Waals surface area contributed by atoms with E-state index in [1.54, 1.807) is 0 Å². The first kappa shape index (κ1) is 27.2. The lowest BCUT2D eigenvalue weighted by molar-refractivity contribution is -0.644. The quantitative estimate of drug-likeness (QED) is 0.246. The number of rotatable bonds is 19. The van der Waals surface area contributed by atoms with Gasteiger partial charge in [0.05, 0.1) is 6.54 Å². The number of quaternary nitrogens is 1. The summed E-state index contributed by atoms with van der Waals surface area (Å²) in [5.41, 5.74) is 0. The SMILES string of the molecule is C#CC[NH2+]CCCCCCCCCCCCCCCCCC(C)C.[Br-]. The molecule has 0 atom stereocenters. The second kappa shape index (κ2) is 24.0. The molecule has 0 amide bonds. The van der Waals surface area contributed by atoms with Crippen molar-refractivity contribution in [1.29, 1.82) is 0 Å². The Bertz CT molecular complexity index is 270. The summed E-state index contributed by atoms with van der Waals surface area (Å²) in [4.78, 5) is 0. The predicted octanol–water partition coefficient (Wildman–Crippen LogP) is 3.08. The fourth-order valence-corrected chi connectivity index (χ4v) is 3.32. The Hall–Kier alpha value is 0. The van der Waals surface area contributed by atoms with Crippen LogP contribution in [-0.2, 0) is 0 Å². The van der Waals surface area contributed by atoms with Crippen LogP contribution in [0, 0.1) is 18.3 Å². The van der Waals surface area contributed by atoms with Crippen LogP contribution in [-0.4, -0.2) is 13.1 Å². The average Bonchev–Trinajstić information content (AvgIpc) is 2.56.